The van der Waals surface area contributed by atoms with Crippen molar-refractivity contribution in [2.45, 2.75) is 35.5 Å². The van der Waals surface area contributed by atoms with Crippen molar-refractivity contribution in [2.24, 2.45) is 0 Å². The third-order valence-electron chi connectivity index (χ3n) is 5.59. The Bertz CT molecular complexity index is 1730. The summed E-state index contributed by atoms with van der Waals surface area (Å²) in [5, 5.41) is 0.353. The number of carbonyl (C=O) groups excluding carboxylic acids is 2. The predicted octanol–water partition coefficient (Wildman–Crippen LogP) is 4.65. The van der Waals surface area contributed by atoms with Crippen molar-refractivity contribution in [3.05, 3.63) is 90.5 Å². The van der Waals surface area contributed by atoms with E-state index < -0.39 is 36.6 Å². The Morgan fingerprint density at radius 3 is 1.86 bits per heavy atom. The second-order valence-electron chi connectivity index (χ2n) is 8.28. The third-order valence-corrected chi connectivity index (χ3v) is 9.17. The second kappa shape index (κ2) is 9.79. The van der Waals surface area contributed by atoms with Crippen LogP contribution in [0.5, 0.6) is 5.75 Å². The lowest BCUT2D eigenvalue weighted by atomic mass is 10.1. The Labute approximate surface area is 215 Å². The molecule has 0 heterocycles. The summed E-state index contributed by atoms with van der Waals surface area (Å²) in [5.74, 6) is -1.88. The van der Waals surface area contributed by atoms with Crippen molar-refractivity contribution < 1.29 is 31.2 Å². The van der Waals surface area contributed by atoms with Crippen LogP contribution in [0.4, 0.5) is 5.69 Å². The molecule has 0 saturated carbocycles. The van der Waals surface area contributed by atoms with Crippen LogP contribution in [0.2, 0.25) is 0 Å². The molecule has 0 saturated heterocycles. The summed E-state index contributed by atoms with van der Waals surface area (Å²) in [7, 11) is -8.76. The maximum atomic E-state index is 13.8. The molecule has 0 atom stereocenters. The minimum Gasteiger partial charge on any atom is -0.425 e. The van der Waals surface area contributed by atoms with Gasteiger partial charge in [-0.1, -0.05) is 60.2 Å². The number of hydrogen-bond donors (Lipinski definition) is 0. The number of aryl methyl sites for hydroxylation is 1. The molecule has 10 heteroatoms. The lowest BCUT2D eigenvalue weighted by Gasteiger charge is -2.25. The summed E-state index contributed by atoms with van der Waals surface area (Å²) >= 11 is 0. The highest BCUT2D eigenvalue weighted by molar-refractivity contribution is 7.93. The van der Waals surface area contributed by atoms with Gasteiger partial charge in [-0.2, -0.15) is 0 Å². The largest absolute Gasteiger partial charge is 0.425 e. The van der Waals surface area contributed by atoms with E-state index in [0.717, 1.165) is 25.5 Å². The number of fused-ring (bicyclic) bond motifs is 1. The highest BCUT2D eigenvalue weighted by Gasteiger charge is 2.34. The Morgan fingerprint density at radius 1 is 0.730 bits per heavy atom. The summed E-state index contributed by atoms with van der Waals surface area (Å²) in [4.78, 5) is 24.2. The third kappa shape index (κ3) is 4.85. The fourth-order valence-electron chi connectivity index (χ4n) is 3.93. The smallest absolute Gasteiger partial charge is 0.308 e. The molecule has 0 unspecified atom stereocenters. The van der Waals surface area contributed by atoms with Crippen molar-refractivity contribution in [1.82, 2.24) is 0 Å². The van der Waals surface area contributed by atoms with Gasteiger partial charge in [-0.15, -0.1) is 0 Å². The fourth-order valence-corrected chi connectivity index (χ4v) is 6.80. The average molecular weight is 538 g/mol. The number of sulfonamides is 1. The van der Waals surface area contributed by atoms with E-state index in [1.165, 1.54) is 48.5 Å². The zero-order chi connectivity index (χ0) is 27.0. The molecule has 4 aromatic carbocycles. The van der Waals surface area contributed by atoms with E-state index in [0.29, 0.717) is 4.31 Å². The first kappa shape index (κ1) is 26.1. The van der Waals surface area contributed by atoms with Gasteiger partial charge >= 0.3 is 5.97 Å². The number of ether oxygens (including phenoxy) is 1. The van der Waals surface area contributed by atoms with Gasteiger partial charge in [-0.3, -0.25) is 9.59 Å². The first-order chi connectivity index (χ1) is 17.4. The molecule has 0 radical (unpaired) electrons. The highest BCUT2D eigenvalue weighted by atomic mass is 32.2. The molecule has 4 aromatic rings. The first-order valence-electron chi connectivity index (χ1n) is 11.1. The van der Waals surface area contributed by atoms with Gasteiger partial charge in [0.05, 0.1) is 15.5 Å². The van der Waals surface area contributed by atoms with Crippen LogP contribution in [0.15, 0.2) is 99.6 Å². The van der Waals surface area contributed by atoms with Crippen molar-refractivity contribution in [3.8, 4) is 5.75 Å². The Kier molecular flexibility index (Phi) is 6.90. The number of benzene rings is 4. The first-order valence-corrected chi connectivity index (χ1v) is 14.0. The minimum atomic E-state index is -4.43. The summed E-state index contributed by atoms with van der Waals surface area (Å²) in [6.07, 6.45) is 0. The van der Waals surface area contributed by atoms with Gasteiger partial charge in [-0.05, 0) is 37.3 Å². The van der Waals surface area contributed by atoms with Crippen LogP contribution in [0.1, 0.15) is 19.4 Å². The van der Waals surface area contributed by atoms with E-state index in [1.54, 1.807) is 37.3 Å². The van der Waals surface area contributed by atoms with E-state index >= 15 is 0 Å². The molecule has 0 N–H and O–H groups in total. The number of anilines is 1. The predicted molar refractivity (Wildman–Crippen MR) is 139 cm³/mol. The summed E-state index contributed by atoms with van der Waals surface area (Å²) < 4.78 is 60.8. The lowest BCUT2D eigenvalue weighted by molar-refractivity contribution is -0.132. The molecule has 0 aliphatic heterocycles. The van der Waals surface area contributed by atoms with Crippen LogP contribution in [0.25, 0.3) is 10.8 Å². The van der Waals surface area contributed by atoms with Gasteiger partial charge in [0.25, 0.3) is 10.0 Å². The van der Waals surface area contributed by atoms with E-state index in [2.05, 4.69) is 0 Å². The van der Waals surface area contributed by atoms with Crippen LogP contribution < -0.4 is 9.04 Å². The number of esters is 1. The summed E-state index contributed by atoms with van der Waals surface area (Å²) in [6, 6.07) is 20.6. The van der Waals surface area contributed by atoms with Gasteiger partial charge in [0, 0.05) is 24.6 Å². The number of nitrogens with zero attached hydrogens (tertiary/aromatic N) is 1. The molecule has 0 spiro atoms. The molecule has 4 rings (SSSR count). The molecule has 8 nitrogen and oxygen atoms in total. The van der Waals surface area contributed by atoms with Crippen molar-refractivity contribution in [3.63, 3.8) is 0 Å². The monoisotopic (exact) mass is 537 g/mol. The number of carbonyl (C=O) groups is 2. The minimum absolute atomic E-state index is 0.0898. The molecule has 0 aliphatic carbocycles. The molecule has 37 heavy (non-hydrogen) atoms. The molecule has 0 aromatic heterocycles. The van der Waals surface area contributed by atoms with E-state index in [-0.39, 0.29) is 32.0 Å². The van der Waals surface area contributed by atoms with Gasteiger partial charge in [-0.25, -0.2) is 21.1 Å². The number of amides is 1. The van der Waals surface area contributed by atoms with Crippen molar-refractivity contribution in [2.75, 3.05) is 4.31 Å². The Morgan fingerprint density at radius 2 is 1.30 bits per heavy atom. The molecule has 1 amide bonds. The molecule has 0 fully saturated rings. The van der Waals surface area contributed by atoms with Gasteiger partial charge in [0.1, 0.15) is 4.90 Å². The van der Waals surface area contributed by atoms with Crippen LogP contribution in [-0.2, 0) is 29.4 Å². The van der Waals surface area contributed by atoms with Crippen LogP contribution in [0, 0.1) is 6.92 Å². The maximum Gasteiger partial charge on any atom is 0.308 e. The van der Waals surface area contributed by atoms with Crippen LogP contribution >= 0.6 is 0 Å². The lowest BCUT2D eigenvalue weighted by Crippen LogP contribution is -2.35. The summed E-state index contributed by atoms with van der Waals surface area (Å²) in [6.45, 7) is 4.00. The highest BCUT2D eigenvalue weighted by Crippen LogP contribution is 2.43. The Balaban J connectivity index is 2.12. The summed E-state index contributed by atoms with van der Waals surface area (Å²) in [5.41, 5.74) is 0.642. The average Bonchev–Trinajstić information content (AvgIpc) is 2.85. The van der Waals surface area contributed by atoms with Gasteiger partial charge in [0.2, 0.25) is 15.7 Å². The maximum absolute atomic E-state index is 13.8. The normalized spacial score (nSPS) is 11.8. The SMILES string of the molecule is CC(=O)Oc1c(S(=O)(=O)c2ccc(C)cc2)cc(N(C(C)=O)S(=O)(=O)c2ccccc2)c2ccccc12. The van der Waals surface area contributed by atoms with Crippen molar-refractivity contribution in [1.29, 1.82) is 0 Å². The second-order valence-corrected chi connectivity index (χ2v) is 12.0. The van der Waals surface area contributed by atoms with Crippen LogP contribution in [-0.4, -0.2) is 28.7 Å². The zero-order valence-corrected chi connectivity index (χ0v) is 21.8. The Hall–Kier alpha value is -4.02. The number of sulfone groups is 1. The standard InChI is InChI=1S/C27H23NO7S2/c1-18-13-15-21(16-14-18)36(31,32)26-17-25(23-11-7-8-12-24(23)27(26)35-20(3)30)28(19(2)29)37(33,34)22-9-5-4-6-10-22/h4-17H,1-3H3. The molecule has 0 bridgehead atoms. The van der Waals surface area contributed by atoms with E-state index in [1.807, 2.05) is 0 Å². The quantitative estimate of drug-likeness (QED) is 0.260. The van der Waals surface area contributed by atoms with Gasteiger partial charge in [0.15, 0.2) is 5.75 Å². The number of rotatable bonds is 6. The van der Waals surface area contributed by atoms with Crippen molar-refractivity contribution >= 4 is 48.2 Å². The zero-order valence-electron chi connectivity index (χ0n) is 20.2. The number of hydrogen-bond acceptors (Lipinski definition) is 7. The fraction of sp³-hybridized carbons (Fsp3) is 0.111. The molecule has 190 valence electrons. The topological polar surface area (TPSA) is 115 Å². The molecular weight excluding hydrogens is 514 g/mol. The van der Waals surface area contributed by atoms with E-state index in [9.17, 15) is 26.4 Å². The van der Waals surface area contributed by atoms with Gasteiger partial charge < -0.3 is 4.74 Å². The molecular formula is C27H23NO7S2. The van der Waals surface area contributed by atoms with Crippen LogP contribution in [0.3, 0.4) is 0 Å². The van der Waals surface area contributed by atoms with E-state index in [4.69, 9.17) is 4.74 Å². The molecule has 0 aliphatic rings.